The highest BCUT2D eigenvalue weighted by Crippen LogP contribution is 2.39. The van der Waals surface area contributed by atoms with E-state index in [0.29, 0.717) is 6.10 Å². The minimum absolute atomic E-state index is 0.0747. The van der Waals surface area contributed by atoms with E-state index in [4.69, 9.17) is 9.47 Å². The minimum atomic E-state index is 0.0747. The zero-order valence-electron chi connectivity index (χ0n) is 20.7. The molecular weight excluding hydrogens is 428 g/mol. The summed E-state index contributed by atoms with van der Waals surface area (Å²) in [6.45, 7) is 3.04. The number of carbonyl (C=O) groups is 1. The SMILES string of the molecule is COCC1(C)CCc2c(-c3cc4ccc(N(C)C(=O)[C@H]5CC[C@@H](OC)CC5)cc4[nH]3)n[nH]c2C1. The molecule has 1 aromatic carbocycles. The molecule has 1 unspecified atom stereocenters. The fraction of sp³-hybridized carbons (Fsp3) is 0.556. The minimum Gasteiger partial charge on any atom is -0.384 e. The molecule has 1 saturated carbocycles. The quantitative estimate of drug-likeness (QED) is 0.545. The number of H-pyrrole nitrogens is 2. The van der Waals surface area contributed by atoms with Crippen molar-refractivity contribution < 1.29 is 14.3 Å². The van der Waals surface area contributed by atoms with Crippen molar-refractivity contribution in [1.29, 1.82) is 0 Å². The number of nitrogens with zero attached hydrogens (tertiary/aromatic N) is 2. The molecular formula is C27H36N4O3. The van der Waals surface area contributed by atoms with E-state index >= 15 is 0 Å². The summed E-state index contributed by atoms with van der Waals surface area (Å²) in [7, 11) is 5.42. The van der Waals surface area contributed by atoms with Crippen LogP contribution in [0.25, 0.3) is 22.3 Å². The van der Waals surface area contributed by atoms with Crippen LogP contribution in [0.1, 0.15) is 50.3 Å². The van der Waals surface area contributed by atoms with Crippen molar-refractivity contribution in [3.63, 3.8) is 0 Å². The highest BCUT2D eigenvalue weighted by Gasteiger charge is 2.33. The van der Waals surface area contributed by atoms with E-state index in [1.54, 1.807) is 14.2 Å². The second kappa shape index (κ2) is 9.19. The number of benzene rings is 1. The molecule has 0 radical (unpaired) electrons. The Morgan fingerprint density at radius 1 is 1.21 bits per heavy atom. The fourth-order valence-corrected chi connectivity index (χ4v) is 5.85. The number of ether oxygens (including phenoxy) is 2. The molecule has 5 rings (SSSR count). The number of aromatic nitrogens is 3. The van der Waals surface area contributed by atoms with Gasteiger partial charge >= 0.3 is 0 Å². The molecule has 7 nitrogen and oxygen atoms in total. The first-order valence-electron chi connectivity index (χ1n) is 12.4. The lowest BCUT2D eigenvalue weighted by Crippen LogP contribution is -2.36. The standard InChI is InChI=1S/C27H36N4O3/c1-27(16-33-3)12-11-21-24(15-27)29-30-25(21)23-13-18-5-8-19(14-22(18)28-23)31(2)26(32)17-6-9-20(34-4)10-7-17/h5,8,13-14,17,20,28H,6-7,9-12,15-16H2,1-4H3,(H,29,30)/t17-,20+,27?. The number of nitrogens with one attached hydrogen (secondary N) is 2. The van der Waals surface area contributed by atoms with E-state index in [1.807, 2.05) is 18.0 Å². The van der Waals surface area contributed by atoms with Gasteiger partial charge in [0.1, 0.15) is 5.69 Å². The molecule has 1 amide bonds. The van der Waals surface area contributed by atoms with Gasteiger partial charge in [-0.3, -0.25) is 9.89 Å². The Morgan fingerprint density at radius 2 is 2.00 bits per heavy atom. The van der Waals surface area contributed by atoms with Gasteiger partial charge in [-0.2, -0.15) is 5.10 Å². The number of anilines is 1. The second-order valence-electron chi connectivity index (χ2n) is 10.5. The summed E-state index contributed by atoms with van der Waals surface area (Å²) >= 11 is 0. The van der Waals surface area contributed by atoms with Gasteiger partial charge in [-0.1, -0.05) is 13.0 Å². The summed E-state index contributed by atoms with van der Waals surface area (Å²) in [6.07, 6.45) is 7.02. The van der Waals surface area contributed by atoms with Gasteiger partial charge in [-0.15, -0.1) is 0 Å². The molecule has 1 fully saturated rings. The Bertz CT molecular complexity index is 1170. The Morgan fingerprint density at radius 3 is 2.74 bits per heavy atom. The van der Waals surface area contributed by atoms with Crippen molar-refractivity contribution in [2.24, 2.45) is 11.3 Å². The molecule has 3 aromatic rings. The predicted octanol–water partition coefficient (Wildman–Crippen LogP) is 4.87. The third-order valence-corrected chi connectivity index (χ3v) is 7.96. The maximum Gasteiger partial charge on any atom is 0.229 e. The molecule has 2 aromatic heterocycles. The van der Waals surface area contributed by atoms with E-state index < -0.39 is 0 Å². The average molecular weight is 465 g/mol. The van der Waals surface area contributed by atoms with Gasteiger partial charge in [-0.05, 0) is 68.6 Å². The van der Waals surface area contributed by atoms with Crippen LogP contribution in [-0.2, 0) is 27.1 Å². The molecule has 2 heterocycles. The highest BCUT2D eigenvalue weighted by molar-refractivity contribution is 5.97. The van der Waals surface area contributed by atoms with Crippen LogP contribution < -0.4 is 4.90 Å². The van der Waals surface area contributed by atoms with Gasteiger partial charge in [0.05, 0.1) is 18.4 Å². The normalized spacial score (nSPS) is 24.8. The van der Waals surface area contributed by atoms with E-state index in [2.05, 4.69) is 40.3 Å². The summed E-state index contributed by atoms with van der Waals surface area (Å²) in [4.78, 5) is 18.5. The topological polar surface area (TPSA) is 83.2 Å². The molecule has 0 saturated heterocycles. The largest absolute Gasteiger partial charge is 0.384 e. The number of hydrogen-bond donors (Lipinski definition) is 2. The van der Waals surface area contributed by atoms with Crippen molar-refractivity contribution in [2.45, 2.75) is 58.0 Å². The van der Waals surface area contributed by atoms with Gasteiger partial charge in [0.2, 0.25) is 5.91 Å². The van der Waals surface area contributed by atoms with Crippen molar-refractivity contribution >= 4 is 22.5 Å². The Labute approximate surface area is 201 Å². The number of aromatic amines is 2. The number of rotatable bonds is 6. The lowest BCUT2D eigenvalue weighted by atomic mass is 9.75. The van der Waals surface area contributed by atoms with Crippen LogP contribution in [0.4, 0.5) is 5.69 Å². The smallest absolute Gasteiger partial charge is 0.229 e. The van der Waals surface area contributed by atoms with Gasteiger partial charge in [0.15, 0.2) is 0 Å². The van der Waals surface area contributed by atoms with Crippen LogP contribution in [0.5, 0.6) is 0 Å². The molecule has 34 heavy (non-hydrogen) atoms. The fourth-order valence-electron chi connectivity index (χ4n) is 5.85. The van der Waals surface area contributed by atoms with Crippen molar-refractivity contribution in [3.05, 3.63) is 35.5 Å². The Kier molecular flexibility index (Phi) is 6.25. The van der Waals surface area contributed by atoms with E-state index in [1.165, 1.54) is 11.3 Å². The molecule has 0 aliphatic heterocycles. The Balaban J connectivity index is 1.35. The number of methoxy groups -OCH3 is 2. The zero-order valence-corrected chi connectivity index (χ0v) is 20.7. The average Bonchev–Trinajstić information content (AvgIpc) is 3.46. The van der Waals surface area contributed by atoms with Crippen LogP contribution in [0.3, 0.4) is 0 Å². The van der Waals surface area contributed by atoms with E-state index in [0.717, 1.165) is 79.5 Å². The van der Waals surface area contributed by atoms with Crippen molar-refractivity contribution in [3.8, 4) is 11.4 Å². The number of carbonyl (C=O) groups excluding carboxylic acids is 1. The van der Waals surface area contributed by atoms with Gasteiger partial charge in [-0.25, -0.2) is 0 Å². The number of fused-ring (bicyclic) bond motifs is 2. The molecule has 1 atom stereocenters. The highest BCUT2D eigenvalue weighted by atomic mass is 16.5. The van der Waals surface area contributed by atoms with Crippen LogP contribution in [-0.4, -0.2) is 55.1 Å². The molecule has 0 bridgehead atoms. The van der Waals surface area contributed by atoms with Crippen LogP contribution in [0, 0.1) is 11.3 Å². The maximum absolute atomic E-state index is 13.1. The summed E-state index contributed by atoms with van der Waals surface area (Å²) in [5.41, 5.74) is 6.64. The molecule has 0 spiro atoms. The molecule has 182 valence electrons. The number of amides is 1. The molecule has 2 aliphatic rings. The van der Waals surface area contributed by atoms with Gasteiger partial charge in [0.25, 0.3) is 0 Å². The zero-order chi connectivity index (χ0) is 23.9. The first-order chi connectivity index (χ1) is 16.4. The lowest BCUT2D eigenvalue weighted by molar-refractivity contribution is -0.123. The van der Waals surface area contributed by atoms with Crippen LogP contribution in [0.15, 0.2) is 24.3 Å². The van der Waals surface area contributed by atoms with Crippen LogP contribution in [0.2, 0.25) is 0 Å². The maximum atomic E-state index is 13.1. The van der Waals surface area contributed by atoms with E-state index in [9.17, 15) is 4.79 Å². The predicted molar refractivity (Wildman–Crippen MR) is 134 cm³/mol. The third kappa shape index (κ3) is 4.27. The first-order valence-corrected chi connectivity index (χ1v) is 12.4. The molecule has 2 N–H and O–H groups in total. The summed E-state index contributed by atoms with van der Waals surface area (Å²) in [5.74, 6) is 0.270. The summed E-state index contributed by atoms with van der Waals surface area (Å²) < 4.78 is 10.9. The third-order valence-electron chi connectivity index (χ3n) is 7.96. The first kappa shape index (κ1) is 23.1. The second-order valence-corrected chi connectivity index (χ2v) is 10.5. The van der Waals surface area contributed by atoms with Gasteiger partial charge in [0, 0.05) is 55.0 Å². The summed E-state index contributed by atoms with van der Waals surface area (Å²) in [6, 6.07) is 8.36. The number of hydrogen-bond acceptors (Lipinski definition) is 4. The summed E-state index contributed by atoms with van der Waals surface area (Å²) in [5, 5.41) is 9.08. The van der Waals surface area contributed by atoms with Crippen molar-refractivity contribution in [1.82, 2.24) is 15.2 Å². The monoisotopic (exact) mass is 464 g/mol. The Hall–Kier alpha value is -2.64. The molecule has 2 aliphatic carbocycles. The molecule has 7 heteroatoms. The lowest BCUT2D eigenvalue weighted by Gasteiger charge is -2.32. The van der Waals surface area contributed by atoms with Crippen LogP contribution >= 0.6 is 0 Å². The van der Waals surface area contributed by atoms with E-state index in [-0.39, 0.29) is 17.2 Å². The van der Waals surface area contributed by atoms with Crippen molar-refractivity contribution in [2.75, 3.05) is 32.8 Å². The van der Waals surface area contributed by atoms with Gasteiger partial charge < -0.3 is 19.4 Å².